The van der Waals surface area contributed by atoms with E-state index < -0.39 is 0 Å². The monoisotopic (exact) mass is 185 g/mol. The largest absolute Gasteiger partial charge is 0.444 e. The van der Waals surface area contributed by atoms with Gasteiger partial charge in [-0.05, 0) is 29.7 Å². The molecule has 2 heteroatoms. The predicted molar refractivity (Wildman–Crippen MR) is 53.9 cm³/mol. The normalized spacial score (nSPS) is 16.6. The number of rotatable bonds is 0. The lowest BCUT2D eigenvalue weighted by atomic mass is 10.0. The van der Waals surface area contributed by atoms with E-state index in [-0.39, 0.29) is 0 Å². The molecule has 0 bridgehead atoms. The van der Waals surface area contributed by atoms with Gasteiger partial charge in [-0.15, -0.1) is 0 Å². The number of hydrogen-bond acceptors (Lipinski definition) is 2. The Bertz CT molecular complexity index is 430. The van der Waals surface area contributed by atoms with Gasteiger partial charge in [-0.2, -0.15) is 0 Å². The van der Waals surface area contributed by atoms with Crippen LogP contribution in [-0.4, -0.2) is 0 Å². The smallest absolute Gasteiger partial charge is 0.316 e. The number of fused-ring (bicyclic) bond motifs is 2. The molecule has 3 rings (SSSR count). The lowest BCUT2D eigenvalue weighted by molar-refractivity contribution is 0.270. The van der Waals surface area contributed by atoms with Crippen molar-refractivity contribution in [2.24, 2.45) is 0 Å². The highest BCUT2D eigenvalue weighted by atomic mass is 16.7. The second kappa shape index (κ2) is 2.91. The second-order valence-corrected chi connectivity index (χ2v) is 3.32. The first-order chi connectivity index (χ1) is 6.93. The molecule has 0 fully saturated rings. The third-order valence-electron chi connectivity index (χ3n) is 2.42. The molecular formula is C12H9O2. The zero-order valence-electron chi connectivity index (χ0n) is 7.57. The summed E-state index contributed by atoms with van der Waals surface area (Å²) in [6.07, 6.45) is 9.25. The Labute approximate surface area is 82.5 Å². The summed E-state index contributed by atoms with van der Waals surface area (Å²) in [7, 11) is 0. The highest BCUT2D eigenvalue weighted by molar-refractivity contribution is 5.63. The average molecular weight is 185 g/mol. The van der Waals surface area contributed by atoms with Crippen molar-refractivity contribution in [3.05, 3.63) is 48.3 Å². The minimum Gasteiger partial charge on any atom is -0.444 e. The van der Waals surface area contributed by atoms with Gasteiger partial charge in [-0.3, -0.25) is 0 Å². The summed E-state index contributed by atoms with van der Waals surface area (Å²) in [6, 6.07) is 4.05. The molecule has 1 aromatic carbocycles. The van der Waals surface area contributed by atoms with Crippen molar-refractivity contribution in [1.82, 2.24) is 0 Å². The van der Waals surface area contributed by atoms with Crippen molar-refractivity contribution in [2.75, 3.05) is 0 Å². The summed E-state index contributed by atoms with van der Waals surface area (Å²) in [5.74, 6) is 1.61. The van der Waals surface area contributed by atoms with Crippen molar-refractivity contribution in [1.29, 1.82) is 0 Å². The SMILES string of the molecule is [CH]1Oc2cc3c(cc2O1)CC=CC=C3. The molecule has 0 spiro atoms. The van der Waals surface area contributed by atoms with Crippen LogP contribution in [0, 0.1) is 6.79 Å². The maximum atomic E-state index is 5.21. The molecule has 2 nitrogen and oxygen atoms in total. The molecular weight excluding hydrogens is 176 g/mol. The minimum atomic E-state index is 0.801. The summed E-state index contributed by atoms with van der Waals surface area (Å²) in [6.45, 7) is 1.36. The maximum absolute atomic E-state index is 5.21. The number of hydrogen-bond donors (Lipinski definition) is 0. The predicted octanol–water partition coefficient (Wildman–Crippen LogP) is 2.70. The topological polar surface area (TPSA) is 18.5 Å². The van der Waals surface area contributed by atoms with E-state index in [4.69, 9.17) is 9.47 Å². The van der Waals surface area contributed by atoms with Gasteiger partial charge in [-0.1, -0.05) is 24.3 Å². The molecule has 69 valence electrons. The molecule has 1 heterocycles. The Balaban J connectivity index is 2.16. The number of allylic oxidation sites excluding steroid dienone is 3. The molecule has 1 aliphatic heterocycles. The average Bonchev–Trinajstić information content (AvgIpc) is 2.51. The fourth-order valence-electron chi connectivity index (χ4n) is 1.69. The number of ether oxygens (including phenoxy) is 2. The van der Waals surface area contributed by atoms with Crippen LogP contribution in [0.15, 0.2) is 30.4 Å². The first-order valence-corrected chi connectivity index (χ1v) is 4.58. The summed E-state index contributed by atoms with van der Waals surface area (Å²) >= 11 is 0. The quantitative estimate of drug-likeness (QED) is 0.618. The molecule has 0 amide bonds. The van der Waals surface area contributed by atoms with Gasteiger partial charge >= 0.3 is 6.79 Å². The van der Waals surface area contributed by atoms with Gasteiger partial charge in [0.1, 0.15) is 0 Å². The summed E-state index contributed by atoms with van der Waals surface area (Å²) in [5, 5.41) is 0. The fourth-order valence-corrected chi connectivity index (χ4v) is 1.69. The Kier molecular flexibility index (Phi) is 1.60. The van der Waals surface area contributed by atoms with Crippen LogP contribution >= 0.6 is 0 Å². The van der Waals surface area contributed by atoms with Gasteiger partial charge in [0.05, 0.1) is 0 Å². The van der Waals surface area contributed by atoms with E-state index in [9.17, 15) is 0 Å². The van der Waals surface area contributed by atoms with Gasteiger partial charge in [-0.25, -0.2) is 0 Å². The van der Waals surface area contributed by atoms with E-state index in [1.807, 2.05) is 18.2 Å². The van der Waals surface area contributed by atoms with Gasteiger partial charge < -0.3 is 9.47 Å². The zero-order chi connectivity index (χ0) is 9.38. The Hall–Kier alpha value is -1.70. The van der Waals surface area contributed by atoms with Crippen LogP contribution in [0.5, 0.6) is 11.5 Å². The van der Waals surface area contributed by atoms with Crippen LogP contribution in [0.4, 0.5) is 0 Å². The molecule has 2 aliphatic rings. The van der Waals surface area contributed by atoms with Crippen molar-refractivity contribution < 1.29 is 9.47 Å². The number of benzene rings is 1. The van der Waals surface area contributed by atoms with E-state index >= 15 is 0 Å². The highest BCUT2D eigenvalue weighted by Crippen LogP contribution is 2.37. The molecule has 1 aromatic rings. The third kappa shape index (κ3) is 1.11. The minimum absolute atomic E-state index is 0.801. The van der Waals surface area contributed by atoms with Crippen LogP contribution in [0.25, 0.3) is 6.08 Å². The molecule has 0 saturated carbocycles. The van der Waals surface area contributed by atoms with Crippen LogP contribution in [-0.2, 0) is 6.42 Å². The summed E-state index contributed by atoms with van der Waals surface area (Å²) < 4.78 is 10.4. The molecule has 0 N–H and O–H groups in total. The van der Waals surface area contributed by atoms with E-state index in [0.29, 0.717) is 0 Å². The van der Waals surface area contributed by atoms with Gasteiger partial charge in [0, 0.05) is 0 Å². The second-order valence-electron chi connectivity index (χ2n) is 3.32. The lowest BCUT2D eigenvalue weighted by Crippen LogP contribution is -1.86. The first kappa shape index (κ1) is 7.68. The molecule has 0 atom stereocenters. The lowest BCUT2D eigenvalue weighted by Gasteiger charge is -2.04. The van der Waals surface area contributed by atoms with Crippen LogP contribution in [0.3, 0.4) is 0 Å². The Morgan fingerprint density at radius 2 is 1.86 bits per heavy atom. The molecule has 0 saturated heterocycles. The molecule has 1 radical (unpaired) electrons. The Morgan fingerprint density at radius 1 is 1.00 bits per heavy atom. The molecule has 14 heavy (non-hydrogen) atoms. The van der Waals surface area contributed by atoms with Crippen molar-refractivity contribution in [3.63, 3.8) is 0 Å². The molecule has 0 unspecified atom stereocenters. The standard InChI is InChI=1S/C12H9O2/c1-2-4-9-6-11-12(14-8-13-11)7-10(9)5-3-1/h1-4,6-8H,5H2. The maximum Gasteiger partial charge on any atom is 0.316 e. The van der Waals surface area contributed by atoms with Crippen molar-refractivity contribution in [2.45, 2.75) is 6.42 Å². The summed E-state index contributed by atoms with van der Waals surface area (Å²) in [5.41, 5.74) is 2.47. The van der Waals surface area contributed by atoms with Crippen LogP contribution < -0.4 is 9.47 Å². The van der Waals surface area contributed by atoms with Crippen LogP contribution in [0.2, 0.25) is 0 Å². The van der Waals surface area contributed by atoms with Gasteiger partial charge in [0.15, 0.2) is 11.5 Å². The third-order valence-corrected chi connectivity index (χ3v) is 2.42. The van der Waals surface area contributed by atoms with Crippen molar-refractivity contribution in [3.8, 4) is 11.5 Å². The van der Waals surface area contributed by atoms with Crippen LogP contribution in [0.1, 0.15) is 11.1 Å². The fraction of sp³-hybridized carbons (Fsp3) is 0.0833. The van der Waals surface area contributed by atoms with E-state index in [0.717, 1.165) is 17.9 Å². The molecule has 1 aliphatic carbocycles. The highest BCUT2D eigenvalue weighted by Gasteiger charge is 2.16. The van der Waals surface area contributed by atoms with E-state index in [1.165, 1.54) is 17.9 Å². The van der Waals surface area contributed by atoms with Gasteiger partial charge in [0.2, 0.25) is 0 Å². The van der Waals surface area contributed by atoms with E-state index in [1.54, 1.807) is 0 Å². The molecule has 0 aromatic heterocycles. The van der Waals surface area contributed by atoms with Crippen molar-refractivity contribution >= 4 is 6.08 Å². The van der Waals surface area contributed by atoms with E-state index in [2.05, 4.69) is 18.2 Å². The van der Waals surface area contributed by atoms with Gasteiger partial charge in [0.25, 0.3) is 0 Å². The summed E-state index contributed by atoms with van der Waals surface area (Å²) in [4.78, 5) is 0. The first-order valence-electron chi connectivity index (χ1n) is 4.58. The Morgan fingerprint density at radius 3 is 2.79 bits per heavy atom. The zero-order valence-corrected chi connectivity index (χ0v) is 7.57.